The lowest BCUT2D eigenvalue weighted by atomic mass is 9.97. The van der Waals surface area contributed by atoms with E-state index >= 15 is 0 Å². The second kappa shape index (κ2) is 5.70. The summed E-state index contributed by atoms with van der Waals surface area (Å²) in [5, 5.41) is 3.70. The molecule has 0 fully saturated rings. The van der Waals surface area contributed by atoms with Crippen LogP contribution in [0.25, 0.3) is 38.4 Å². The van der Waals surface area contributed by atoms with Gasteiger partial charge in [-0.1, -0.05) is 68.4 Å². The van der Waals surface area contributed by atoms with E-state index in [1.165, 1.54) is 38.4 Å². The summed E-state index contributed by atoms with van der Waals surface area (Å²) in [7, 11) is 0. The summed E-state index contributed by atoms with van der Waals surface area (Å²) in [4.78, 5) is 4.57. The van der Waals surface area contributed by atoms with Crippen LogP contribution in [-0.2, 0) is 0 Å². The fourth-order valence-corrected chi connectivity index (χ4v) is 3.81. The van der Waals surface area contributed by atoms with Crippen molar-refractivity contribution in [1.29, 1.82) is 0 Å². The third kappa shape index (κ3) is 2.22. The number of fused-ring (bicyclic) bond motifs is 6. The largest absolute Gasteiger partial charge is 0.299 e. The van der Waals surface area contributed by atoms with E-state index in [0.717, 1.165) is 5.65 Å². The molecule has 3 aromatic carbocycles. The molecule has 0 radical (unpaired) electrons. The summed E-state index contributed by atoms with van der Waals surface area (Å²) in [6.45, 7) is 4.46. The quantitative estimate of drug-likeness (QED) is 0.339. The molecule has 2 aromatic heterocycles. The average molecular weight is 336 g/mol. The minimum absolute atomic E-state index is 0.555. The maximum absolute atomic E-state index is 4.57. The van der Waals surface area contributed by atoms with Crippen LogP contribution in [0.15, 0.2) is 79.1 Å². The number of pyridine rings is 1. The van der Waals surface area contributed by atoms with E-state index in [4.69, 9.17) is 0 Å². The zero-order valence-corrected chi connectivity index (χ0v) is 15.0. The first-order valence-electron chi connectivity index (χ1n) is 9.10. The molecule has 0 saturated heterocycles. The van der Waals surface area contributed by atoms with Gasteiger partial charge in [0, 0.05) is 23.2 Å². The maximum atomic E-state index is 4.57. The van der Waals surface area contributed by atoms with Crippen LogP contribution in [0.2, 0.25) is 0 Å². The van der Waals surface area contributed by atoms with Gasteiger partial charge in [-0.15, -0.1) is 0 Å². The van der Waals surface area contributed by atoms with Gasteiger partial charge in [-0.25, -0.2) is 4.98 Å². The molecule has 26 heavy (non-hydrogen) atoms. The fraction of sp³-hybridized carbons (Fsp3) is 0.125. The van der Waals surface area contributed by atoms with Crippen molar-refractivity contribution in [2.75, 3.05) is 0 Å². The van der Waals surface area contributed by atoms with Crippen molar-refractivity contribution in [3.05, 3.63) is 84.7 Å². The van der Waals surface area contributed by atoms with Gasteiger partial charge in [0.15, 0.2) is 0 Å². The summed E-state index contributed by atoms with van der Waals surface area (Å²) in [5.74, 6) is 0.555. The van der Waals surface area contributed by atoms with Crippen LogP contribution in [0.5, 0.6) is 0 Å². The monoisotopic (exact) mass is 336 g/mol. The van der Waals surface area contributed by atoms with Gasteiger partial charge in [0.05, 0.1) is 5.52 Å². The van der Waals surface area contributed by atoms with Crippen LogP contribution in [0, 0.1) is 0 Å². The molecule has 126 valence electrons. The van der Waals surface area contributed by atoms with Gasteiger partial charge in [0.25, 0.3) is 0 Å². The fourth-order valence-electron chi connectivity index (χ4n) is 3.81. The highest BCUT2D eigenvalue weighted by molar-refractivity contribution is 6.12. The number of hydrogen-bond donors (Lipinski definition) is 0. The Bertz CT molecular complexity index is 1240. The normalized spacial score (nSPS) is 11.8. The van der Waals surface area contributed by atoms with E-state index in [0.29, 0.717) is 5.92 Å². The Kier molecular flexibility index (Phi) is 3.32. The number of imidazole rings is 1. The Morgan fingerprint density at radius 1 is 0.769 bits per heavy atom. The van der Waals surface area contributed by atoms with Gasteiger partial charge in [-0.2, -0.15) is 0 Å². The molecule has 0 unspecified atom stereocenters. The van der Waals surface area contributed by atoms with Crippen LogP contribution >= 0.6 is 0 Å². The Labute approximate surface area is 152 Å². The van der Waals surface area contributed by atoms with Crippen molar-refractivity contribution < 1.29 is 0 Å². The van der Waals surface area contributed by atoms with E-state index in [2.05, 4.69) is 90.0 Å². The van der Waals surface area contributed by atoms with Gasteiger partial charge in [-0.3, -0.25) is 4.40 Å². The number of aromatic nitrogens is 2. The molecule has 5 aromatic rings. The minimum Gasteiger partial charge on any atom is -0.299 e. The van der Waals surface area contributed by atoms with Crippen molar-refractivity contribution in [3.8, 4) is 11.1 Å². The molecule has 0 aliphatic carbocycles. The summed E-state index contributed by atoms with van der Waals surface area (Å²) in [5.41, 5.74) is 6.09. The van der Waals surface area contributed by atoms with Crippen molar-refractivity contribution in [3.63, 3.8) is 0 Å². The second-order valence-corrected chi connectivity index (χ2v) is 7.18. The summed E-state index contributed by atoms with van der Waals surface area (Å²) < 4.78 is 2.18. The highest BCUT2D eigenvalue weighted by Gasteiger charge is 2.10. The molecule has 2 heteroatoms. The molecule has 5 rings (SSSR count). The molecule has 2 heterocycles. The Morgan fingerprint density at radius 3 is 2.27 bits per heavy atom. The molecule has 0 amide bonds. The van der Waals surface area contributed by atoms with E-state index in [9.17, 15) is 0 Å². The summed E-state index contributed by atoms with van der Waals surface area (Å²) >= 11 is 0. The smallest absolute Gasteiger partial charge is 0.145 e. The zero-order valence-electron chi connectivity index (χ0n) is 15.0. The average Bonchev–Trinajstić information content (AvgIpc) is 3.18. The number of rotatable bonds is 2. The third-order valence-corrected chi connectivity index (χ3v) is 5.27. The van der Waals surface area contributed by atoms with Crippen LogP contribution in [-0.4, -0.2) is 9.38 Å². The van der Waals surface area contributed by atoms with Crippen molar-refractivity contribution >= 4 is 27.3 Å². The minimum atomic E-state index is 0.555. The van der Waals surface area contributed by atoms with E-state index in [1.807, 2.05) is 12.4 Å². The van der Waals surface area contributed by atoms with Crippen molar-refractivity contribution in [1.82, 2.24) is 9.38 Å². The van der Waals surface area contributed by atoms with Crippen LogP contribution in [0.3, 0.4) is 0 Å². The Morgan fingerprint density at radius 2 is 1.50 bits per heavy atom. The topological polar surface area (TPSA) is 17.3 Å². The molecule has 0 atom stereocenters. The molecule has 0 saturated carbocycles. The molecule has 0 aliphatic rings. The van der Waals surface area contributed by atoms with Gasteiger partial charge in [0.1, 0.15) is 5.65 Å². The zero-order chi connectivity index (χ0) is 17.7. The maximum Gasteiger partial charge on any atom is 0.145 e. The standard InChI is InChI=1S/C24H20N2/c1-16(2)17-7-9-18(10-8-17)19-11-12-23-22(15-19)20-5-3-4-6-21(20)24-25-13-14-26(23)24/h3-16H,1-2H3. The lowest BCUT2D eigenvalue weighted by molar-refractivity contribution is 0.867. The van der Waals surface area contributed by atoms with Crippen molar-refractivity contribution in [2.24, 2.45) is 0 Å². The van der Waals surface area contributed by atoms with Crippen LogP contribution < -0.4 is 0 Å². The molecule has 0 spiro atoms. The van der Waals surface area contributed by atoms with Gasteiger partial charge in [0.2, 0.25) is 0 Å². The Balaban J connectivity index is 1.79. The molecule has 0 bridgehead atoms. The number of nitrogens with zero attached hydrogens (tertiary/aromatic N) is 2. The molecular weight excluding hydrogens is 316 g/mol. The van der Waals surface area contributed by atoms with Gasteiger partial charge >= 0.3 is 0 Å². The number of hydrogen-bond acceptors (Lipinski definition) is 1. The van der Waals surface area contributed by atoms with E-state index in [-0.39, 0.29) is 0 Å². The SMILES string of the molecule is CC(C)c1ccc(-c2ccc3c(c2)c2ccccc2c2nccn32)cc1. The third-order valence-electron chi connectivity index (χ3n) is 5.27. The van der Waals surface area contributed by atoms with Crippen LogP contribution in [0.1, 0.15) is 25.3 Å². The predicted octanol–water partition coefficient (Wildman–Crippen LogP) is 6.43. The molecule has 2 nitrogen and oxygen atoms in total. The van der Waals surface area contributed by atoms with Gasteiger partial charge < -0.3 is 0 Å². The summed E-state index contributed by atoms with van der Waals surface area (Å²) in [6.07, 6.45) is 3.92. The van der Waals surface area contributed by atoms with Crippen LogP contribution in [0.4, 0.5) is 0 Å². The first kappa shape index (κ1) is 15.2. The molecule has 0 aliphatic heterocycles. The second-order valence-electron chi connectivity index (χ2n) is 7.18. The lowest BCUT2D eigenvalue weighted by Gasteiger charge is -2.11. The van der Waals surface area contributed by atoms with Gasteiger partial charge in [-0.05, 0) is 40.1 Å². The summed E-state index contributed by atoms with van der Waals surface area (Å²) in [6, 6.07) is 24.2. The van der Waals surface area contributed by atoms with E-state index in [1.54, 1.807) is 0 Å². The molecular formula is C24H20N2. The number of benzene rings is 3. The highest BCUT2D eigenvalue weighted by atomic mass is 15.0. The molecule has 0 N–H and O–H groups in total. The lowest BCUT2D eigenvalue weighted by Crippen LogP contribution is -1.91. The first-order chi connectivity index (χ1) is 12.7. The van der Waals surface area contributed by atoms with Crippen molar-refractivity contribution in [2.45, 2.75) is 19.8 Å². The highest BCUT2D eigenvalue weighted by Crippen LogP contribution is 2.32. The van der Waals surface area contributed by atoms with E-state index < -0.39 is 0 Å². The predicted molar refractivity (Wildman–Crippen MR) is 110 cm³/mol. The Hall–Kier alpha value is -3.13. The first-order valence-corrected chi connectivity index (χ1v) is 9.10.